The minimum atomic E-state index is -2.05. The molecule has 5 rings (SSSR count). The first-order valence-electron chi connectivity index (χ1n) is 13.7. The number of benzene rings is 4. The second-order valence-corrected chi connectivity index (χ2v) is 9.75. The molecule has 4 aromatic carbocycles. The van der Waals surface area contributed by atoms with Gasteiger partial charge in [0.2, 0.25) is 5.60 Å². The van der Waals surface area contributed by atoms with Crippen molar-refractivity contribution < 1.29 is 42.9 Å². The SMILES string of the molecule is C=C[C@]1(OC(=O)c2ccccc2)C(OC(=O)c2ccccc2)O[C@H](COC(=O)c2ccccc2)[C@H]1OC(=O)c1ccccc1. The zero-order valence-corrected chi connectivity index (χ0v) is 23.4. The van der Waals surface area contributed by atoms with Crippen molar-refractivity contribution in [2.75, 3.05) is 6.61 Å². The maximum absolute atomic E-state index is 13.4. The van der Waals surface area contributed by atoms with Crippen LogP contribution in [0.1, 0.15) is 41.4 Å². The van der Waals surface area contributed by atoms with Gasteiger partial charge in [-0.25, -0.2) is 19.2 Å². The van der Waals surface area contributed by atoms with Gasteiger partial charge >= 0.3 is 23.9 Å². The highest BCUT2D eigenvalue weighted by molar-refractivity contribution is 5.92. The molecule has 0 amide bonds. The maximum atomic E-state index is 13.4. The number of ether oxygens (including phenoxy) is 5. The van der Waals surface area contributed by atoms with Gasteiger partial charge < -0.3 is 23.7 Å². The normalized spacial score (nSPS) is 20.6. The number of esters is 4. The summed E-state index contributed by atoms with van der Waals surface area (Å²) in [6.45, 7) is 3.41. The summed E-state index contributed by atoms with van der Waals surface area (Å²) in [5, 5.41) is 0. The molecule has 1 heterocycles. The van der Waals surface area contributed by atoms with E-state index in [1.165, 1.54) is 30.3 Å². The zero-order valence-electron chi connectivity index (χ0n) is 23.4. The van der Waals surface area contributed by atoms with Crippen molar-refractivity contribution in [1.82, 2.24) is 0 Å². The Labute approximate surface area is 253 Å². The molecule has 1 aliphatic heterocycles. The Bertz CT molecular complexity index is 1610. The molecule has 0 saturated carbocycles. The number of rotatable bonds is 10. The van der Waals surface area contributed by atoms with Crippen LogP contribution in [0.15, 0.2) is 134 Å². The molecule has 0 aromatic heterocycles. The second-order valence-electron chi connectivity index (χ2n) is 9.75. The molecule has 44 heavy (non-hydrogen) atoms. The quantitative estimate of drug-likeness (QED) is 0.135. The molecule has 9 nitrogen and oxygen atoms in total. The van der Waals surface area contributed by atoms with Crippen molar-refractivity contribution in [1.29, 1.82) is 0 Å². The van der Waals surface area contributed by atoms with Gasteiger partial charge in [0.25, 0.3) is 6.29 Å². The largest absolute Gasteiger partial charge is 0.459 e. The minimum Gasteiger partial charge on any atom is -0.459 e. The monoisotopic (exact) mass is 592 g/mol. The Morgan fingerprint density at radius 1 is 0.614 bits per heavy atom. The number of hydrogen-bond acceptors (Lipinski definition) is 9. The molecule has 1 aliphatic rings. The van der Waals surface area contributed by atoms with Crippen LogP contribution in [0.3, 0.4) is 0 Å². The van der Waals surface area contributed by atoms with Gasteiger partial charge in [-0.3, -0.25) is 0 Å². The fourth-order valence-electron chi connectivity index (χ4n) is 4.64. The third-order valence-electron chi connectivity index (χ3n) is 6.90. The van der Waals surface area contributed by atoms with Gasteiger partial charge in [-0.2, -0.15) is 0 Å². The lowest BCUT2D eigenvalue weighted by Gasteiger charge is -2.34. The molecular formula is C35H28O9. The summed E-state index contributed by atoms with van der Waals surface area (Å²) in [6, 6.07) is 32.6. The van der Waals surface area contributed by atoms with Gasteiger partial charge in [0.05, 0.1) is 22.3 Å². The molecule has 1 saturated heterocycles. The van der Waals surface area contributed by atoms with E-state index >= 15 is 0 Å². The molecular weight excluding hydrogens is 564 g/mol. The van der Waals surface area contributed by atoms with Crippen molar-refractivity contribution in [3.05, 3.63) is 156 Å². The van der Waals surface area contributed by atoms with Crippen molar-refractivity contribution in [2.45, 2.75) is 24.1 Å². The number of carbonyl (C=O) groups excluding carboxylic acids is 4. The molecule has 4 aromatic rings. The summed E-state index contributed by atoms with van der Waals surface area (Å²) in [4.78, 5) is 52.8. The molecule has 4 atom stereocenters. The zero-order chi connectivity index (χ0) is 30.9. The fraction of sp³-hybridized carbons (Fsp3) is 0.143. The first-order valence-corrected chi connectivity index (χ1v) is 13.7. The summed E-state index contributed by atoms with van der Waals surface area (Å²) >= 11 is 0. The first-order chi connectivity index (χ1) is 21.4. The molecule has 1 unspecified atom stereocenters. The van der Waals surface area contributed by atoms with Crippen LogP contribution in [-0.2, 0) is 23.7 Å². The van der Waals surface area contributed by atoms with E-state index in [2.05, 4.69) is 6.58 Å². The highest BCUT2D eigenvalue weighted by atomic mass is 16.8. The molecule has 0 aliphatic carbocycles. The van der Waals surface area contributed by atoms with Crippen LogP contribution in [0.2, 0.25) is 0 Å². The van der Waals surface area contributed by atoms with E-state index in [1.54, 1.807) is 97.1 Å². The Kier molecular flexibility index (Phi) is 9.27. The van der Waals surface area contributed by atoms with Crippen molar-refractivity contribution >= 4 is 23.9 Å². The van der Waals surface area contributed by atoms with E-state index in [0.29, 0.717) is 0 Å². The summed E-state index contributed by atoms with van der Waals surface area (Å²) in [7, 11) is 0. The highest BCUT2D eigenvalue weighted by Crippen LogP contribution is 2.40. The average molecular weight is 593 g/mol. The average Bonchev–Trinajstić information content (AvgIpc) is 3.35. The summed E-state index contributed by atoms with van der Waals surface area (Å²) in [6.07, 6.45) is -3.16. The van der Waals surface area contributed by atoms with Gasteiger partial charge in [0.15, 0.2) is 6.10 Å². The van der Waals surface area contributed by atoms with Crippen molar-refractivity contribution in [2.24, 2.45) is 0 Å². The molecule has 9 heteroatoms. The predicted octanol–water partition coefficient (Wildman–Crippen LogP) is 5.43. The minimum absolute atomic E-state index is 0.175. The van der Waals surface area contributed by atoms with Crippen LogP contribution in [0.4, 0.5) is 0 Å². The summed E-state index contributed by atoms with van der Waals surface area (Å²) in [5.41, 5.74) is -1.20. The van der Waals surface area contributed by atoms with Crippen LogP contribution in [0.5, 0.6) is 0 Å². The maximum Gasteiger partial charge on any atom is 0.340 e. The Morgan fingerprint density at radius 2 is 1.02 bits per heavy atom. The Balaban J connectivity index is 1.52. The third-order valence-corrected chi connectivity index (χ3v) is 6.90. The van der Waals surface area contributed by atoms with Gasteiger partial charge in [-0.05, 0) is 54.6 Å². The standard InChI is InChI=1S/C35H28O9/c1-2-35(44-33(39)27-21-13-6-14-22-27)29(42-31(37)25-17-9-4-10-18-25)28(23-40-30(36)24-15-7-3-8-16-24)41-34(35)43-32(38)26-19-11-5-12-20-26/h2-22,28-29,34H,1,23H2/t28-,29-,34?,35-/m1/s1. The number of carbonyl (C=O) groups is 4. The summed E-state index contributed by atoms with van der Waals surface area (Å²) < 4.78 is 29.2. The number of hydrogen-bond donors (Lipinski definition) is 0. The van der Waals surface area contributed by atoms with Gasteiger partial charge in [0, 0.05) is 0 Å². The fourth-order valence-corrected chi connectivity index (χ4v) is 4.64. The predicted molar refractivity (Wildman–Crippen MR) is 158 cm³/mol. The van der Waals surface area contributed by atoms with Gasteiger partial charge in [-0.1, -0.05) is 79.4 Å². The lowest BCUT2D eigenvalue weighted by atomic mass is 9.94. The lowest BCUT2D eigenvalue weighted by molar-refractivity contribution is -0.164. The van der Waals surface area contributed by atoms with Crippen LogP contribution in [0.25, 0.3) is 0 Å². The van der Waals surface area contributed by atoms with Crippen LogP contribution in [-0.4, -0.2) is 54.6 Å². The van der Waals surface area contributed by atoms with E-state index < -0.39 is 54.6 Å². The smallest absolute Gasteiger partial charge is 0.340 e. The molecule has 222 valence electrons. The van der Waals surface area contributed by atoms with E-state index in [9.17, 15) is 19.2 Å². The van der Waals surface area contributed by atoms with Crippen LogP contribution < -0.4 is 0 Å². The Morgan fingerprint density at radius 3 is 1.48 bits per heavy atom. The van der Waals surface area contributed by atoms with Crippen molar-refractivity contribution in [3.63, 3.8) is 0 Å². The van der Waals surface area contributed by atoms with E-state index in [4.69, 9.17) is 23.7 Å². The lowest BCUT2D eigenvalue weighted by Crippen LogP contribution is -2.53. The van der Waals surface area contributed by atoms with Crippen molar-refractivity contribution in [3.8, 4) is 0 Å². The highest BCUT2D eigenvalue weighted by Gasteiger charge is 2.63. The molecule has 0 spiro atoms. The topological polar surface area (TPSA) is 114 Å². The molecule has 1 fully saturated rings. The van der Waals surface area contributed by atoms with Crippen LogP contribution in [0, 0.1) is 0 Å². The molecule has 0 N–H and O–H groups in total. The third kappa shape index (κ3) is 6.58. The molecule has 0 radical (unpaired) electrons. The molecule has 0 bridgehead atoms. The van der Waals surface area contributed by atoms with E-state index in [0.717, 1.165) is 0 Å². The van der Waals surface area contributed by atoms with Gasteiger partial charge in [-0.15, -0.1) is 0 Å². The van der Waals surface area contributed by atoms with E-state index in [1.807, 2.05) is 0 Å². The first kappa shape index (κ1) is 29.9. The van der Waals surface area contributed by atoms with Crippen LogP contribution >= 0.6 is 0 Å². The summed E-state index contributed by atoms with van der Waals surface area (Å²) in [5.74, 6) is -3.07. The van der Waals surface area contributed by atoms with Gasteiger partial charge in [0.1, 0.15) is 12.7 Å². The van der Waals surface area contributed by atoms with E-state index in [-0.39, 0.29) is 22.3 Å². The Hall–Kier alpha value is -5.54. The second kappa shape index (κ2) is 13.6.